The molecule has 10 heteroatoms. The minimum Gasteiger partial charge on any atom is -0.467 e. The van der Waals surface area contributed by atoms with E-state index in [0.29, 0.717) is 17.5 Å². The molecular formula is C19H22N6O3S. The molecule has 0 spiro atoms. The number of hydrogen-bond acceptors (Lipinski definition) is 7. The molecule has 3 amide bonds. The first kappa shape index (κ1) is 20.6. The summed E-state index contributed by atoms with van der Waals surface area (Å²) in [6.07, 6.45) is 4.98. The molecule has 152 valence electrons. The molecule has 0 aliphatic rings. The van der Waals surface area contributed by atoms with Gasteiger partial charge in [0.15, 0.2) is 11.0 Å². The molecule has 0 aliphatic heterocycles. The maximum Gasteiger partial charge on any atom is 0.321 e. The largest absolute Gasteiger partial charge is 0.467 e. The topological polar surface area (TPSA) is 115 Å². The molecule has 3 aromatic heterocycles. The Balaban J connectivity index is 1.80. The van der Waals surface area contributed by atoms with E-state index < -0.39 is 17.2 Å². The van der Waals surface area contributed by atoms with E-state index in [4.69, 9.17) is 4.42 Å². The van der Waals surface area contributed by atoms with Gasteiger partial charge in [-0.05, 0) is 45.0 Å². The molecule has 29 heavy (non-hydrogen) atoms. The van der Waals surface area contributed by atoms with Gasteiger partial charge in [0.1, 0.15) is 5.76 Å². The van der Waals surface area contributed by atoms with Crippen LogP contribution in [-0.4, -0.2) is 43.0 Å². The van der Waals surface area contributed by atoms with Crippen LogP contribution < -0.4 is 10.6 Å². The summed E-state index contributed by atoms with van der Waals surface area (Å²) < 4.78 is 7.32. The summed E-state index contributed by atoms with van der Waals surface area (Å²) in [5.41, 5.74) is 0.798. The number of nitrogens with one attached hydrogen (secondary N) is 2. The van der Waals surface area contributed by atoms with Gasteiger partial charge in [-0.2, -0.15) is 0 Å². The first-order valence-electron chi connectivity index (χ1n) is 9.08. The summed E-state index contributed by atoms with van der Waals surface area (Å²) in [7, 11) is 0. The van der Waals surface area contributed by atoms with E-state index in [9.17, 15) is 9.59 Å². The van der Waals surface area contributed by atoms with E-state index >= 15 is 0 Å². The maximum absolute atomic E-state index is 12.4. The Morgan fingerprint density at radius 3 is 2.69 bits per heavy atom. The number of amides is 3. The number of imide groups is 1. The molecule has 3 heterocycles. The van der Waals surface area contributed by atoms with Crippen molar-refractivity contribution in [3.63, 3.8) is 0 Å². The molecule has 2 N–H and O–H groups in total. The van der Waals surface area contributed by atoms with Crippen molar-refractivity contribution < 1.29 is 14.0 Å². The van der Waals surface area contributed by atoms with Crippen molar-refractivity contribution in [3.8, 4) is 11.4 Å². The second-order valence-corrected chi connectivity index (χ2v) is 7.90. The predicted octanol–water partition coefficient (Wildman–Crippen LogP) is 2.70. The van der Waals surface area contributed by atoms with Crippen LogP contribution in [0.4, 0.5) is 4.79 Å². The number of rotatable bonds is 7. The lowest BCUT2D eigenvalue weighted by atomic mass is 10.2. The number of carbonyl (C=O) groups excluding carboxylic acids is 2. The molecular weight excluding hydrogens is 392 g/mol. The monoisotopic (exact) mass is 414 g/mol. The minimum atomic E-state index is -0.561. The number of nitrogens with zero attached hydrogens (tertiary/aromatic N) is 4. The van der Waals surface area contributed by atoms with Gasteiger partial charge >= 0.3 is 6.03 Å². The number of pyridine rings is 1. The van der Waals surface area contributed by atoms with E-state index in [0.717, 1.165) is 11.3 Å². The molecule has 3 aromatic rings. The lowest BCUT2D eigenvalue weighted by Crippen LogP contribution is -2.45. The fourth-order valence-corrected chi connectivity index (χ4v) is 3.36. The lowest BCUT2D eigenvalue weighted by Gasteiger charge is -2.14. The summed E-state index contributed by atoms with van der Waals surface area (Å²) in [4.78, 5) is 28.3. The van der Waals surface area contributed by atoms with Crippen molar-refractivity contribution in [1.82, 2.24) is 30.4 Å². The first-order chi connectivity index (χ1) is 13.9. The number of furan rings is 1. The second-order valence-electron chi connectivity index (χ2n) is 6.59. The molecule has 0 aliphatic carbocycles. The number of aromatic nitrogens is 4. The molecule has 0 saturated heterocycles. The Morgan fingerprint density at radius 2 is 2.03 bits per heavy atom. The van der Waals surface area contributed by atoms with Gasteiger partial charge < -0.3 is 9.73 Å². The van der Waals surface area contributed by atoms with Gasteiger partial charge in [-0.1, -0.05) is 11.8 Å². The van der Waals surface area contributed by atoms with Crippen molar-refractivity contribution in [2.75, 3.05) is 0 Å². The third-order valence-corrected chi connectivity index (χ3v) is 4.92. The number of hydrogen-bond donors (Lipinski definition) is 2. The zero-order chi connectivity index (χ0) is 20.8. The van der Waals surface area contributed by atoms with E-state index in [1.807, 2.05) is 36.6 Å². The van der Waals surface area contributed by atoms with Crippen LogP contribution in [0.1, 0.15) is 26.5 Å². The summed E-state index contributed by atoms with van der Waals surface area (Å²) >= 11 is 1.21. The molecule has 0 fully saturated rings. The molecule has 1 atom stereocenters. The van der Waals surface area contributed by atoms with E-state index in [-0.39, 0.29) is 6.04 Å². The summed E-state index contributed by atoms with van der Waals surface area (Å²) in [6.45, 7) is 5.74. The molecule has 0 saturated carbocycles. The SMILES string of the molecule is CC(C)NC(=O)NC(=O)[C@@H](C)Sc1nnc(-c2cccnc2)n1Cc1ccco1. The molecule has 0 unspecified atom stereocenters. The van der Waals surface area contributed by atoms with Crippen LogP contribution in [0.2, 0.25) is 0 Å². The molecule has 0 radical (unpaired) electrons. The Morgan fingerprint density at radius 1 is 1.21 bits per heavy atom. The predicted molar refractivity (Wildman–Crippen MR) is 108 cm³/mol. The highest BCUT2D eigenvalue weighted by Gasteiger charge is 2.23. The molecule has 0 bridgehead atoms. The van der Waals surface area contributed by atoms with Crippen LogP contribution in [0.15, 0.2) is 52.5 Å². The van der Waals surface area contributed by atoms with Crippen LogP contribution in [-0.2, 0) is 11.3 Å². The Kier molecular flexibility index (Phi) is 6.65. The fourth-order valence-electron chi connectivity index (χ4n) is 2.51. The van der Waals surface area contributed by atoms with Gasteiger partial charge in [-0.15, -0.1) is 10.2 Å². The van der Waals surface area contributed by atoms with Crippen LogP contribution in [0.25, 0.3) is 11.4 Å². The van der Waals surface area contributed by atoms with Gasteiger partial charge in [-0.25, -0.2) is 4.79 Å². The average Bonchev–Trinajstić information content (AvgIpc) is 3.32. The number of carbonyl (C=O) groups is 2. The first-order valence-corrected chi connectivity index (χ1v) is 9.96. The summed E-state index contributed by atoms with van der Waals surface area (Å²) in [5, 5.41) is 13.5. The van der Waals surface area contributed by atoms with Crippen molar-refractivity contribution in [3.05, 3.63) is 48.7 Å². The third-order valence-electron chi connectivity index (χ3n) is 3.84. The normalized spacial score (nSPS) is 12.0. The quantitative estimate of drug-likeness (QED) is 0.571. The van der Waals surface area contributed by atoms with Crippen LogP contribution >= 0.6 is 11.8 Å². The highest BCUT2D eigenvalue weighted by molar-refractivity contribution is 8.00. The average molecular weight is 414 g/mol. The van der Waals surface area contributed by atoms with Crippen LogP contribution in [0, 0.1) is 0 Å². The smallest absolute Gasteiger partial charge is 0.321 e. The molecule has 0 aromatic carbocycles. The van der Waals surface area contributed by atoms with Gasteiger partial charge in [-0.3, -0.25) is 19.7 Å². The Hall–Kier alpha value is -3.14. The molecule has 3 rings (SSSR count). The Labute approximate surface area is 172 Å². The van der Waals surface area contributed by atoms with Crippen molar-refractivity contribution in [1.29, 1.82) is 0 Å². The highest BCUT2D eigenvalue weighted by atomic mass is 32.2. The fraction of sp³-hybridized carbons (Fsp3) is 0.316. The zero-order valence-corrected chi connectivity index (χ0v) is 17.1. The van der Waals surface area contributed by atoms with Crippen molar-refractivity contribution >= 4 is 23.7 Å². The standard InChI is InChI=1S/C19H22N6O3S/c1-12(2)21-18(27)22-17(26)13(3)29-19-24-23-16(14-6-4-8-20-10-14)25(19)11-15-7-5-9-28-15/h4-10,12-13H,11H2,1-3H3,(H2,21,22,26,27)/t13-/m1/s1. The summed E-state index contributed by atoms with van der Waals surface area (Å²) in [5.74, 6) is 0.927. The van der Waals surface area contributed by atoms with Gasteiger partial charge in [0.2, 0.25) is 5.91 Å². The highest BCUT2D eigenvalue weighted by Crippen LogP contribution is 2.27. The summed E-state index contributed by atoms with van der Waals surface area (Å²) in [6, 6.07) is 6.77. The van der Waals surface area contributed by atoms with E-state index in [1.54, 1.807) is 31.6 Å². The van der Waals surface area contributed by atoms with Crippen molar-refractivity contribution in [2.24, 2.45) is 0 Å². The van der Waals surface area contributed by atoms with E-state index in [1.165, 1.54) is 11.8 Å². The van der Waals surface area contributed by atoms with E-state index in [2.05, 4.69) is 25.8 Å². The van der Waals surface area contributed by atoms with Crippen molar-refractivity contribution in [2.45, 2.75) is 43.8 Å². The third kappa shape index (κ3) is 5.44. The zero-order valence-electron chi connectivity index (χ0n) is 16.3. The maximum atomic E-state index is 12.4. The van der Waals surface area contributed by atoms with Crippen LogP contribution in [0.5, 0.6) is 0 Å². The number of thioether (sulfide) groups is 1. The van der Waals surface area contributed by atoms with Gasteiger partial charge in [0, 0.05) is 24.0 Å². The van der Waals surface area contributed by atoms with Gasteiger partial charge in [0.05, 0.1) is 18.1 Å². The Bertz CT molecular complexity index is 956. The minimum absolute atomic E-state index is 0.0656. The second kappa shape index (κ2) is 9.37. The lowest BCUT2D eigenvalue weighted by molar-refractivity contribution is -0.119. The van der Waals surface area contributed by atoms with Gasteiger partial charge in [0.25, 0.3) is 0 Å². The van der Waals surface area contributed by atoms with Crippen LogP contribution in [0.3, 0.4) is 0 Å². The molecule has 9 nitrogen and oxygen atoms in total. The number of urea groups is 1.